The van der Waals surface area contributed by atoms with Gasteiger partial charge in [-0.3, -0.25) is 4.57 Å². The molecule has 0 N–H and O–H groups in total. The first-order chi connectivity index (χ1) is 7.97. The number of hydrogen-bond acceptors (Lipinski definition) is 1. The molecule has 0 aliphatic heterocycles. The Balaban J connectivity index is 0.000000249. The Morgan fingerprint density at radius 3 is 1.88 bits per heavy atom. The second-order valence-corrected chi connectivity index (χ2v) is 10.8. The zero-order valence-electron chi connectivity index (χ0n) is 9.49. The monoisotopic (exact) mass is 312 g/mol. The Morgan fingerprint density at radius 1 is 0.941 bits per heavy atom. The molecule has 0 unspecified atom stereocenters. The highest BCUT2D eigenvalue weighted by Crippen LogP contribution is 2.61. The molecule has 5 heteroatoms. The van der Waals surface area contributed by atoms with Crippen LogP contribution in [0.4, 0.5) is 0 Å². The van der Waals surface area contributed by atoms with Gasteiger partial charge < -0.3 is 0 Å². The third-order valence-corrected chi connectivity index (χ3v) is 2.88. The van der Waals surface area contributed by atoms with Gasteiger partial charge in [0, 0.05) is 0 Å². The number of hydrogen-bond donors (Lipinski definition) is 0. The summed E-state index contributed by atoms with van der Waals surface area (Å²) >= 11 is 13.8. The smallest absolute Gasteiger partial charge is 0.271 e. The van der Waals surface area contributed by atoms with E-state index in [4.69, 9.17) is 0 Å². The Morgan fingerprint density at radius 2 is 1.41 bits per heavy atom. The van der Waals surface area contributed by atoms with Gasteiger partial charge in [0.05, 0.1) is 0 Å². The standard InChI is InChI=1S/C12H16.Cl3OP/c1-3-7-11(8-4-1)12-9-5-2-6-10-12;1-5(2,3)4/h1,3-4,7-8,12H,2,5-6,9-10H2;. The molecule has 0 atom stereocenters. The topological polar surface area (TPSA) is 17.1 Å². The van der Waals surface area contributed by atoms with Crippen molar-refractivity contribution in [3.05, 3.63) is 35.9 Å². The van der Waals surface area contributed by atoms with Crippen LogP contribution in [0.5, 0.6) is 0 Å². The molecule has 1 nitrogen and oxygen atoms in total. The fourth-order valence-electron chi connectivity index (χ4n) is 2.16. The molecule has 0 bridgehead atoms. The van der Waals surface area contributed by atoms with E-state index in [1.54, 1.807) is 5.56 Å². The Bertz CT molecular complexity index is 349. The van der Waals surface area contributed by atoms with Gasteiger partial charge in [0.2, 0.25) is 0 Å². The zero-order valence-corrected chi connectivity index (χ0v) is 12.7. The molecule has 96 valence electrons. The molecular weight excluding hydrogens is 297 g/mol. The van der Waals surface area contributed by atoms with Gasteiger partial charge in [-0.25, -0.2) is 0 Å². The van der Waals surface area contributed by atoms with Crippen LogP contribution in [0.2, 0.25) is 0 Å². The van der Waals surface area contributed by atoms with E-state index >= 15 is 0 Å². The Labute approximate surface area is 117 Å². The maximum Gasteiger partial charge on any atom is 0.339 e. The average Bonchev–Trinajstić information content (AvgIpc) is 2.29. The van der Waals surface area contributed by atoms with Crippen LogP contribution < -0.4 is 0 Å². The van der Waals surface area contributed by atoms with E-state index in [-0.39, 0.29) is 0 Å². The predicted octanol–water partition coefficient (Wildman–Crippen LogP) is 6.55. The summed E-state index contributed by atoms with van der Waals surface area (Å²) in [7, 11) is 0. The summed E-state index contributed by atoms with van der Waals surface area (Å²) in [6, 6.07) is 11.0. The lowest BCUT2D eigenvalue weighted by Gasteiger charge is -2.21. The molecule has 1 aromatic rings. The lowest BCUT2D eigenvalue weighted by molar-refractivity contribution is 0.443. The maximum atomic E-state index is 9.51. The van der Waals surface area contributed by atoms with Gasteiger partial charge in [-0.15, -0.1) is 0 Å². The summed E-state index contributed by atoms with van der Waals surface area (Å²) in [5.74, 6) is 0.861. The van der Waals surface area contributed by atoms with Crippen molar-refractivity contribution >= 4 is 38.9 Å². The molecule has 0 aromatic heterocycles. The van der Waals surface area contributed by atoms with Gasteiger partial charge in [-0.05, 0) is 58.0 Å². The minimum Gasteiger partial charge on any atom is -0.271 e. The van der Waals surface area contributed by atoms with E-state index in [9.17, 15) is 4.57 Å². The van der Waals surface area contributed by atoms with Crippen molar-refractivity contribution in [2.24, 2.45) is 0 Å². The molecule has 1 aromatic carbocycles. The second-order valence-electron chi connectivity index (χ2n) is 4.14. The lowest BCUT2D eigenvalue weighted by Crippen LogP contribution is -2.03. The summed E-state index contributed by atoms with van der Waals surface area (Å²) in [6.07, 6.45) is 7.12. The highest BCUT2D eigenvalue weighted by atomic mass is 36.0. The summed E-state index contributed by atoms with van der Waals surface area (Å²) in [4.78, 5) is 0. The van der Waals surface area contributed by atoms with E-state index in [1.807, 2.05) is 0 Å². The van der Waals surface area contributed by atoms with E-state index in [0.29, 0.717) is 0 Å². The highest BCUT2D eigenvalue weighted by molar-refractivity contribution is 8.24. The van der Waals surface area contributed by atoms with Gasteiger partial charge in [-0.2, -0.15) is 0 Å². The fraction of sp³-hybridized carbons (Fsp3) is 0.500. The van der Waals surface area contributed by atoms with Crippen molar-refractivity contribution in [3.63, 3.8) is 0 Å². The molecule has 17 heavy (non-hydrogen) atoms. The highest BCUT2D eigenvalue weighted by Gasteiger charge is 2.14. The second kappa shape index (κ2) is 7.69. The molecule has 1 aliphatic carbocycles. The van der Waals surface area contributed by atoms with Crippen molar-refractivity contribution in [2.45, 2.75) is 38.0 Å². The van der Waals surface area contributed by atoms with Crippen LogP contribution in [0.3, 0.4) is 0 Å². The van der Waals surface area contributed by atoms with Gasteiger partial charge >= 0.3 is 5.20 Å². The molecule has 1 fully saturated rings. The fourth-order valence-corrected chi connectivity index (χ4v) is 2.16. The van der Waals surface area contributed by atoms with Crippen LogP contribution in [0.15, 0.2) is 30.3 Å². The molecule has 0 heterocycles. The van der Waals surface area contributed by atoms with Crippen LogP contribution in [0, 0.1) is 0 Å². The first kappa shape index (κ1) is 15.4. The van der Waals surface area contributed by atoms with E-state index in [0.717, 1.165) is 5.92 Å². The SMILES string of the molecule is O=P(Cl)(Cl)Cl.c1ccc(C2CCCCC2)cc1. The minimum absolute atomic E-state index is 0.861. The number of rotatable bonds is 1. The predicted molar refractivity (Wildman–Crippen MR) is 77.4 cm³/mol. The third-order valence-electron chi connectivity index (χ3n) is 2.88. The summed E-state index contributed by atoms with van der Waals surface area (Å²) in [5, 5.41) is -3.22. The van der Waals surface area contributed by atoms with Gasteiger partial charge in [0.25, 0.3) is 0 Å². The molecule has 0 saturated heterocycles. The van der Waals surface area contributed by atoms with Crippen molar-refractivity contribution in [2.75, 3.05) is 0 Å². The number of benzene rings is 1. The van der Waals surface area contributed by atoms with Gasteiger partial charge in [0.15, 0.2) is 0 Å². The Hall–Kier alpha value is 0.320. The Kier molecular flexibility index (Phi) is 6.95. The van der Waals surface area contributed by atoms with E-state index < -0.39 is 5.20 Å². The third kappa shape index (κ3) is 8.11. The molecule has 0 amide bonds. The van der Waals surface area contributed by atoms with Crippen molar-refractivity contribution in [1.82, 2.24) is 0 Å². The summed E-state index contributed by atoms with van der Waals surface area (Å²) in [6.45, 7) is 0. The van der Waals surface area contributed by atoms with Gasteiger partial charge in [0.1, 0.15) is 0 Å². The minimum atomic E-state index is -3.22. The maximum absolute atomic E-state index is 9.51. The van der Waals surface area contributed by atoms with Crippen LogP contribution in [0.25, 0.3) is 0 Å². The summed E-state index contributed by atoms with van der Waals surface area (Å²) in [5.41, 5.74) is 1.55. The first-order valence-electron chi connectivity index (χ1n) is 5.71. The lowest BCUT2D eigenvalue weighted by atomic mass is 9.84. The van der Waals surface area contributed by atoms with Crippen LogP contribution in [0.1, 0.15) is 43.6 Å². The van der Waals surface area contributed by atoms with Gasteiger partial charge in [-0.1, -0.05) is 49.6 Å². The van der Waals surface area contributed by atoms with Crippen LogP contribution >= 0.6 is 38.9 Å². The first-order valence-corrected chi connectivity index (χ1v) is 10.1. The number of halogens is 3. The van der Waals surface area contributed by atoms with Crippen molar-refractivity contribution in [1.29, 1.82) is 0 Å². The molecule has 2 rings (SSSR count). The quantitative estimate of drug-likeness (QED) is 0.537. The molecule has 1 saturated carbocycles. The molecule has 0 spiro atoms. The van der Waals surface area contributed by atoms with Crippen LogP contribution in [-0.4, -0.2) is 0 Å². The average molecular weight is 314 g/mol. The van der Waals surface area contributed by atoms with Crippen molar-refractivity contribution < 1.29 is 4.57 Å². The largest absolute Gasteiger partial charge is 0.339 e. The zero-order chi connectivity index (χ0) is 12.7. The van der Waals surface area contributed by atoms with E-state index in [1.165, 1.54) is 32.1 Å². The molecular formula is C12H16Cl3OP. The summed E-state index contributed by atoms with van der Waals surface area (Å²) < 4.78 is 9.51. The van der Waals surface area contributed by atoms with E-state index in [2.05, 4.69) is 64.1 Å². The molecule has 1 aliphatic rings. The normalized spacial score (nSPS) is 17.1. The van der Waals surface area contributed by atoms with Crippen LogP contribution in [-0.2, 0) is 4.57 Å². The van der Waals surface area contributed by atoms with Crippen molar-refractivity contribution in [3.8, 4) is 0 Å². The molecule has 0 radical (unpaired) electrons.